The fraction of sp³-hybridized carbons (Fsp3) is 1.00. The summed E-state index contributed by atoms with van der Waals surface area (Å²) in [5, 5.41) is 0. The molecule has 1 saturated carbocycles. The maximum absolute atomic E-state index is 5.86. The van der Waals surface area contributed by atoms with Crippen LogP contribution in [0.2, 0.25) is 0 Å². The second kappa shape index (κ2) is 3.75. The zero-order valence-electron chi connectivity index (χ0n) is 7.84. The standard InChI is InChI=1S/C10H20N2/c11-10-3-2-9(8-10)4-7-12-5-1-6-12/h9-10H,1-8,11H2. The van der Waals surface area contributed by atoms with Gasteiger partial charge in [-0.3, -0.25) is 0 Å². The van der Waals surface area contributed by atoms with Gasteiger partial charge in [-0.1, -0.05) is 0 Å². The predicted molar refractivity (Wildman–Crippen MR) is 51.0 cm³/mol. The summed E-state index contributed by atoms with van der Waals surface area (Å²) in [6.07, 6.45) is 6.76. The summed E-state index contributed by atoms with van der Waals surface area (Å²) in [6, 6.07) is 0.520. The molecular weight excluding hydrogens is 148 g/mol. The highest BCUT2D eigenvalue weighted by molar-refractivity contribution is 4.79. The molecule has 2 aliphatic rings. The molecule has 0 bridgehead atoms. The topological polar surface area (TPSA) is 29.3 Å². The van der Waals surface area contributed by atoms with E-state index in [4.69, 9.17) is 5.73 Å². The van der Waals surface area contributed by atoms with E-state index in [1.165, 1.54) is 51.7 Å². The highest BCUT2D eigenvalue weighted by Crippen LogP contribution is 2.27. The van der Waals surface area contributed by atoms with Crippen LogP contribution in [0.5, 0.6) is 0 Å². The first-order chi connectivity index (χ1) is 5.84. The summed E-state index contributed by atoms with van der Waals surface area (Å²) in [5.74, 6) is 0.945. The van der Waals surface area contributed by atoms with Crippen LogP contribution in [0.25, 0.3) is 0 Å². The first-order valence-corrected chi connectivity index (χ1v) is 5.32. The summed E-state index contributed by atoms with van der Waals surface area (Å²) >= 11 is 0. The third-order valence-electron chi connectivity index (χ3n) is 3.38. The van der Waals surface area contributed by atoms with Gasteiger partial charge in [0.05, 0.1) is 0 Å². The summed E-state index contributed by atoms with van der Waals surface area (Å²) in [4.78, 5) is 2.56. The largest absolute Gasteiger partial charge is 0.328 e. The van der Waals surface area contributed by atoms with Crippen LogP contribution in [0.1, 0.15) is 32.1 Å². The van der Waals surface area contributed by atoms with Crippen LogP contribution in [0, 0.1) is 5.92 Å². The highest BCUT2D eigenvalue weighted by atomic mass is 15.2. The van der Waals surface area contributed by atoms with Crippen molar-refractivity contribution in [1.29, 1.82) is 0 Å². The van der Waals surface area contributed by atoms with Gasteiger partial charge in [-0.15, -0.1) is 0 Å². The van der Waals surface area contributed by atoms with E-state index >= 15 is 0 Å². The van der Waals surface area contributed by atoms with Crippen LogP contribution in [0.3, 0.4) is 0 Å². The Morgan fingerprint density at radius 2 is 2.08 bits per heavy atom. The van der Waals surface area contributed by atoms with Crippen molar-refractivity contribution in [3.05, 3.63) is 0 Å². The molecule has 2 N–H and O–H groups in total. The van der Waals surface area contributed by atoms with E-state index in [1.54, 1.807) is 0 Å². The third-order valence-corrected chi connectivity index (χ3v) is 3.38. The third kappa shape index (κ3) is 1.99. The van der Waals surface area contributed by atoms with Crippen LogP contribution in [-0.4, -0.2) is 30.6 Å². The lowest BCUT2D eigenvalue weighted by Crippen LogP contribution is -2.38. The SMILES string of the molecule is NC1CCC(CCN2CCC2)C1. The number of hydrogen-bond acceptors (Lipinski definition) is 2. The maximum Gasteiger partial charge on any atom is 0.00415 e. The summed E-state index contributed by atoms with van der Waals surface area (Å²) in [7, 11) is 0. The molecule has 0 aromatic carbocycles. The van der Waals surface area contributed by atoms with Crippen molar-refractivity contribution in [2.45, 2.75) is 38.1 Å². The van der Waals surface area contributed by atoms with Gasteiger partial charge in [0.25, 0.3) is 0 Å². The summed E-state index contributed by atoms with van der Waals surface area (Å²) in [5.41, 5.74) is 5.86. The average Bonchev–Trinajstić information content (AvgIpc) is 2.32. The van der Waals surface area contributed by atoms with Crippen molar-refractivity contribution in [3.63, 3.8) is 0 Å². The first kappa shape index (κ1) is 8.52. The average molecular weight is 168 g/mol. The maximum atomic E-state index is 5.86. The number of likely N-dealkylation sites (tertiary alicyclic amines) is 1. The minimum Gasteiger partial charge on any atom is -0.328 e. The molecule has 2 nitrogen and oxygen atoms in total. The molecule has 12 heavy (non-hydrogen) atoms. The molecule has 0 amide bonds. The van der Waals surface area contributed by atoms with Gasteiger partial charge in [-0.2, -0.15) is 0 Å². The van der Waals surface area contributed by atoms with Crippen LogP contribution < -0.4 is 5.73 Å². The minimum atomic E-state index is 0.520. The molecule has 0 aromatic rings. The van der Waals surface area contributed by atoms with Gasteiger partial charge in [0, 0.05) is 6.04 Å². The molecule has 0 spiro atoms. The molecule has 2 unspecified atom stereocenters. The quantitative estimate of drug-likeness (QED) is 0.686. The van der Waals surface area contributed by atoms with E-state index in [2.05, 4.69) is 4.90 Å². The van der Waals surface area contributed by atoms with Crippen molar-refractivity contribution in [1.82, 2.24) is 4.90 Å². The molecule has 2 fully saturated rings. The lowest BCUT2D eigenvalue weighted by Gasteiger charge is -2.31. The normalized spacial score (nSPS) is 36.8. The number of rotatable bonds is 3. The number of nitrogens with zero attached hydrogens (tertiary/aromatic N) is 1. The zero-order chi connectivity index (χ0) is 8.39. The van der Waals surface area contributed by atoms with Gasteiger partial charge in [-0.25, -0.2) is 0 Å². The van der Waals surface area contributed by atoms with Crippen LogP contribution in [0.15, 0.2) is 0 Å². The summed E-state index contributed by atoms with van der Waals surface area (Å²) < 4.78 is 0. The summed E-state index contributed by atoms with van der Waals surface area (Å²) in [6.45, 7) is 4.02. The first-order valence-electron chi connectivity index (χ1n) is 5.32. The Morgan fingerprint density at radius 1 is 1.25 bits per heavy atom. The molecule has 0 aromatic heterocycles. The van der Waals surface area contributed by atoms with Crippen molar-refractivity contribution in [3.8, 4) is 0 Å². The van der Waals surface area contributed by atoms with E-state index in [1.807, 2.05) is 0 Å². The Balaban J connectivity index is 1.60. The lowest BCUT2D eigenvalue weighted by atomic mass is 10.0. The molecule has 1 saturated heterocycles. The van der Waals surface area contributed by atoms with Crippen LogP contribution >= 0.6 is 0 Å². The Hall–Kier alpha value is -0.0800. The molecular formula is C10H20N2. The van der Waals surface area contributed by atoms with Gasteiger partial charge < -0.3 is 10.6 Å². The van der Waals surface area contributed by atoms with Gasteiger partial charge in [0.2, 0.25) is 0 Å². The predicted octanol–water partition coefficient (Wildman–Crippen LogP) is 1.21. The van der Waals surface area contributed by atoms with Gasteiger partial charge in [0.1, 0.15) is 0 Å². The fourth-order valence-corrected chi connectivity index (χ4v) is 2.35. The van der Waals surface area contributed by atoms with Crippen molar-refractivity contribution >= 4 is 0 Å². The van der Waals surface area contributed by atoms with Crippen LogP contribution in [-0.2, 0) is 0 Å². The molecule has 1 aliphatic carbocycles. The minimum absolute atomic E-state index is 0.520. The molecule has 70 valence electrons. The second-order valence-corrected chi connectivity index (χ2v) is 4.42. The molecule has 2 rings (SSSR count). The Labute approximate surface area is 75.1 Å². The fourth-order valence-electron chi connectivity index (χ4n) is 2.35. The van der Waals surface area contributed by atoms with E-state index in [0.717, 1.165) is 5.92 Å². The Morgan fingerprint density at radius 3 is 2.58 bits per heavy atom. The van der Waals surface area contributed by atoms with E-state index < -0.39 is 0 Å². The van der Waals surface area contributed by atoms with Crippen LogP contribution in [0.4, 0.5) is 0 Å². The smallest absolute Gasteiger partial charge is 0.00415 e. The van der Waals surface area contributed by atoms with Crippen molar-refractivity contribution in [2.24, 2.45) is 11.7 Å². The van der Waals surface area contributed by atoms with E-state index in [0.29, 0.717) is 6.04 Å². The van der Waals surface area contributed by atoms with Crippen molar-refractivity contribution in [2.75, 3.05) is 19.6 Å². The molecule has 1 aliphatic heterocycles. The Bertz CT molecular complexity index is 143. The molecule has 0 radical (unpaired) electrons. The molecule has 1 heterocycles. The monoisotopic (exact) mass is 168 g/mol. The zero-order valence-corrected chi connectivity index (χ0v) is 7.84. The van der Waals surface area contributed by atoms with E-state index in [9.17, 15) is 0 Å². The Kier molecular flexibility index (Phi) is 2.66. The van der Waals surface area contributed by atoms with Crippen molar-refractivity contribution < 1.29 is 0 Å². The molecule has 2 atom stereocenters. The van der Waals surface area contributed by atoms with Gasteiger partial charge >= 0.3 is 0 Å². The lowest BCUT2D eigenvalue weighted by molar-refractivity contribution is 0.169. The van der Waals surface area contributed by atoms with Gasteiger partial charge in [-0.05, 0) is 57.7 Å². The van der Waals surface area contributed by atoms with E-state index in [-0.39, 0.29) is 0 Å². The number of hydrogen-bond donors (Lipinski definition) is 1. The molecule has 2 heteroatoms. The van der Waals surface area contributed by atoms with Gasteiger partial charge in [0.15, 0.2) is 0 Å². The highest BCUT2D eigenvalue weighted by Gasteiger charge is 2.23. The second-order valence-electron chi connectivity index (χ2n) is 4.42. The number of nitrogens with two attached hydrogens (primary N) is 1.